The van der Waals surface area contributed by atoms with E-state index in [-0.39, 0.29) is 5.92 Å². The Morgan fingerprint density at radius 2 is 1.62 bits per heavy atom. The first-order valence-corrected chi connectivity index (χ1v) is 6.58. The largest absolute Gasteiger partial charge is 0.496 e. The van der Waals surface area contributed by atoms with Gasteiger partial charge in [-0.25, -0.2) is 4.79 Å². The number of aliphatic carboxylic acids is 1. The van der Waals surface area contributed by atoms with E-state index >= 15 is 0 Å². The van der Waals surface area contributed by atoms with Crippen molar-refractivity contribution in [2.45, 2.75) is 26.8 Å². The fourth-order valence-corrected chi connectivity index (χ4v) is 1.96. The first-order chi connectivity index (χ1) is 9.81. The van der Waals surface area contributed by atoms with Crippen molar-refractivity contribution in [1.29, 1.82) is 0 Å². The Morgan fingerprint density at radius 1 is 1.14 bits per heavy atom. The minimum atomic E-state index is -1.07. The van der Waals surface area contributed by atoms with E-state index in [4.69, 9.17) is 14.6 Å². The minimum absolute atomic E-state index is 0.222. The third kappa shape index (κ3) is 3.87. The lowest BCUT2D eigenvalue weighted by molar-refractivity contribution is -0.140. The van der Waals surface area contributed by atoms with Crippen LogP contribution in [0.25, 0.3) is 0 Å². The highest BCUT2D eigenvalue weighted by molar-refractivity contribution is 5.97. The second-order valence-electron chi connectivity index (χ2n) is 5.04. The number of carboxylic acid groups (broad SMARTS) is 1. The molecule has 0 bridgehead atoms. The lowest BCUT2D eigenvalue weighted by Crippen LogP contribution is -2.44. The number of benzene rings is 1. The van der Waals surface area contributed by atoms with Gasteiger partial charge >= 0.3 is 5.97 Å². The monoisotopic (exact) mass is 295 g/mol. The molecule has 1 amide bonds. The number of carbonyl (C=O) groups excluding carboxylic acids is 1. The van der Waals surface area contributed by atoms with Gasteiger partial charge in [0.2, 0.25) is 0 Å². The molecule has 0 radical (unpaired) electrons. The van der Waals surface area contributed by atoms with E-state index in [1.54, 1.807) is 26.0 Å². The van der Waals surface area contributed by atoms with E-state index in [9.17, 15) is 9.59 Å². The molecule has 2 N–H and O–H groups in total. The summed E-state index contributed by atoms with van der Waals surface area (Å²) in [4.78, 5) is 23.4. The van der Waals surface area contributed by atoms with Crippen LogP contribution in [0.4, 0.5) is 0 Å². The standard InChI is InChI=1S/C15H21NO5/c1-8(2)13(15(18)19)16-14(17)10-6-11(20-4)9(3)12(7-10)21-5/h6-8,13H,1-5H3,(H,16,17)(H,18,19)/t13-/m1/s1. The molecule has 0 saturated carbocycles. The van der Waals surface area contributed by atoms with Gasteiger partial charge in [0, 0.05) is 11.1 Å². The van der Waals surface area contributed by atoms with Crippen LogP contribution < -0.4 is 14.8 Å². The molecule has 0 saturated heterocycles. The Morgan fingerprint density at radius 3 is 1.95 bits per heavy atom. The van der Waals surface area contributed by atoms with E-state index in [1.807, 2.05) is 6.92 Å². The minimum Gasteiger partial charge on any atom is -0.496 e. The van der Waals surface area contributed by atoms with Crippen LogP contribution >= 0.6 is 0 Å². The van der Waals surface area contributed by atoms with Crippen molar-refractivity contribution in [1.82, 2.24) is 5.32 Å². The molecule has 0 fully saturated rings. The molecule has 0 aliphatic heterocycles. The van der Waals surface area contributed by atoms with Crippen molar-refractivity contribution in [2.24, 2.45) is 5.92 Å². The maximum atomic E-state index is 12.2. The molecular weight excluding hydrogens is 274 g/mol. The zero-order chi connectivity index (χ0) is 16.2. The molecule has 21 heavy (non-hydrogen) atoms. The van der Waals surface area contributed by atoms with Crippen molar-refractivity contribution >= 4 is 11.9 Å². The highest BCUT2D eigenvalue weighted by atomic mass is 16.5. The van der Waals surface area contributed by atoms with Crippen LogP contribution in [0.1, 0.15) is 29.8 Å². The first kappa shape index (κ1) is 16.8. The number of carbonyl (C=O) groups is 2. The third-order valence-electron chi connectivity index (χ3n) is 3.23. The molecule has 1 rings (SSSR count). The van der Waals surface area contributed by atoms with Crippen molar-refractivity contribution in [3.05, 3.63) is 23.3 Å². The number of nitrogens with one attached hydrogen (secondary N) is 1. The molecule has 1 atom stereocenters. The molecule has 0 aliphatic rings. The SMILES string of the molecule is COc1cc(C(=O)N[C@@H](C(=O)O)C(C)C)cc(OC)c1C. The normalized spacial score (nSPS) is 11.9. The van der Waals surface area contributed by atoms with Crippen molar-refractivity contribution in [2.75, 3.05) is 14.2 Å². The average molecular weight is 295 g/mol. The van der Waals surface area contributed by atoms with Crippen LogP contribution in [0, 0.1) is 12.8 Å². The van der Waals surface area contributed by atoms with Crippen LogP contribution in [-0.2, 0) is 4.79 Å². The molecule has 0 spiro atoms. The lowest BCUT2D eigenvalue weighted by atomic mass is 10.0. The van der Waals surface area contributed by atoms with Gasteiger partial charge in [0.25, 0.3) is 5.91 Å². The highest BCUT2D eigenvalue weighted by Gasteiger charge is 2.24. The van der Waals surface area contributed by atoms with Crippen LogP contribution in [0.5, 0.6) is 11.5 Å². The van der Waals surface area contributed by atoms with Crippen LogP contribution in [0.2, 0.25) is 0 Å². The summed E-state index contributed by atoms with van der Waals surface area (Å²) >= 11 is 0. The third-order valence-corrected chi connectivity index (χ3v) is 3.23. The smallest absolute Gasteiger partial charge is 0.326 e. The molecule has 0 heterocycles. The lowest BCUT2D eigenvalue weighted by Gasteiger charge is -2.19. The molecule has 0 unspecified atom stereocenters. The number of ether oxygens (including phenoxy) is 2. The summed E-state index contributed by atoms with van der Waals surface area (Å²) < 4.78 is 10.4. The first-order valence-electron chi connectivity index (χ1n) is 6.58. The molecule has 1 aromatic carbocycles. The topological polar surface area (TPSA) is 84.9 Å². The van der Waals surface area contributed by atoms with E-state index < -0.39 is 17.9 Å². The van der Waals surface area contributed by atoms with Crippen molar-refractivity contribution < 1.29 is 24.2 Å². The maximum Gasteiger partial charge on any atom is 0.326 e. The molecule has 116 valence electrons. The van der Waals surface area contributed by atoms with E-state index in [0.717, 1.165) is 5.56 Å². The van der Waals surface area contributed by atoms with Gasteiger partial charge in [-0.15, -0.1) is 0 Å². The summed E-state index contributed by atoms with van der Waals surface area (Å²) in [5.74, 6) is -0.746. The van der Waals surface area contributed by atoms with E-state index in [1.165, 1.54) is 14.2 Å². The second kappa shape index (κ2) is 6.97. The quantitative estimate of drug-likeness (QED) is 0.836. The van der Waals surface area contributed by atoms with Gasteiger partial charge in [0.15, 0.2) is 0 Å². The Hall–Kier alpha value is -2.24. The van der Waals surface area contributed by atoms with Crippen molar-refractivity contribution in [3.8, 4) is 11.5 Å². The molecule has 0 aromatic heterocycles. The van der Waals surface area contributed by atoms with Crippen molar-refractivity contribution in [3.63, 3.8) is 0 Å². The number of carboxylic acids is 1. The summed E-state index contributed by atoms with van der Waals surface area (Å²) in [6, 6.07) is 2.18. The Balaban J connectivity index is 3.10. The summed E-state index contributed by atoms with van der Waals surface area (Å²) in [7, 11) is 3.00. The number of hydrogen-bond acceptors (Lipinski definition) is 4. The van der Waals surface area contributed by atoms with Crippen LogP contribution in [0.3, 0.4) is 0 Å². The van der Waals surface area contributed by atoms with E-state index in [0.29, 0.717) is 17.1 Å². The zero-order valence-corrected chi connectivity index (χ0v) is 12.9. The van der Waals surface area contributed by atoms with Crippen LogP contribution in [-0.4, -0.2) is 37.2 Å². The fraction of sp³-hybridized carbons (Fsp3) is 0.467. The second-order valence-corrected chi connectivity index (χ2v) is 5.04. The number of methoxy groups -OCH3 is 2. The highest BCUT2D eigenvalue weighted by Crippen LogP contribution is 2.29. The molecular formula is C15H21NO5. The molecule has 6 heteroatoms. The summed E-state index contributed by atoms with van der Waals surface area (Å²) in [5, 5.41) is 11.6. The maximum absolute atomic E-state index is 12.2. The number of rotatable bonds is 6. The van der Waals surface area contributed by atoms with Gasteiger partial charge in [0.1, 0.15) is 17.5 Å². The summed E-state index contributed by atoms with van der Waals surface area (Å²) in [6.07, 6.45) is 0. The predicted molar refractivity (Wildman–Crippen MR) is 78.0 cm³/mol. The van der Waals surface area contributed by atoms with Gasteiger partial charge in [-0.1, -0.05) is 13.8 Å². The van der Waals surface area contributed by atoms with Gasteiger partial charge in [-0.05, 0) is 25.0 Å². The predicted octanol–water partition coefficient (Wildman–Crippen LogP) is 1.85. The summed E-state index contributed by atoms with van der Waals surface area (Å²) in [6.45, 7) is 5.28. The molecule has 6 nitrogen and oxygen atoms in total. The Labute approximate surface area is 124 Å². The number of hydrogen-bond donors (Lipinski definition) is 2. The average Bonchev–Trinajstić information content (AvgIpc) is 2.43. The number of amides is 1. The van der Waals surface area contributed by atoms with Gasteiger partial charge in [0.05, 0.1) is 14.2 Å². The van der Waals surface area contributed by atoms with Crippen LogP contribution in [0.15, 0.2) is 12.1 Å². The van der Waals surface area contributed by atoms with E-state index in [2.05, 4.69) is 5.32 Å². The fourth-order valence-electron chi connectivity index (χ4n) is 1.96. The van der Waals surface area contributed by atoms with Gasteiger partial charge in [-0.2, -0.15) is 0 Å². The Bertz CT molecular complexity index is 514. The van der Waals surface area contributed by atoms with Gasteiger partial charge < -0.3 is 19.9 Å². The zero-order valence-electron chi connectivity index (χ0n) is 12.9. The Kier molecular flexibility index (Phi) is 5.58. The molecule has 0 aliphatic carbocycles. The summed E-state index contributed by atoms with van der Waals surface area (Å²) in [5.41, 5.74) is 1.07. The molecule has 1 aromatic rings. The van der Waals surface area contributed by atoms with Gasteiger partial charge in [-0.3, -0.25) is 4.79 Å².